The molecule has 136 valence electrons. The Morgan fingerprint density at radius 2 is 2.00 bits per heavy atom. The molecule has 0 fully saturated rings. The van der Waals surface area contributed by atoms with Crippen molar-refractivity contribution in [3.63, 3.8) is 0 Å². The minimum absolute atomic E-state index is 0.337. The number of hydrogen-bond donors (Lipinski definition) is 2. The second-order valence-corrected chi connectivity index (χ2v) is 5.83. The maximum atomic E-state index is 11.0. The molecule has 0 aliphatic rings. The standard InChI is InChI=1S/C17H21N7O2/c25-17(22-26)5-3-1-2-4-11-23(16-13-18-9-10-19-16)14-7-12-24-15(21-14)6-8-20-24/h6-10,12-13,26H,1-5,11H2,(H,22,25). The van der Waals surface area contributed by atoms with Gasteiger partial charge in [0.1, 0.15) is 5.82 Å². The number of carbonyl (C=O) groups is 1. The second kappa shape index (κ2) is 8.86. The summed E-state index contributed by atoms with van der Waals surface area (Å²) in [4.78, 5) is 26.2. The summed E-state index contributed by atoms with van der Waals surface area (Å²) in [5.41, 5.74) is 2.42. The first-order valence-electron chi connectivity index (χ1n) is 8.55. The number of nitrogens with zero attached hydrogens (tertiary/aromatic N) is 6. The Morgan fingerprint density at radius 1 is 1.12 bits per heavy atom. The number of hydrogen-bond acceptors (Lipinski definition) is 7. The zero-order valence-corrected chi connectivity index (χ0v) is 14.3. The maximum absolute atomic E-state index is 11.0. The molecule has 3 aromatic rings. The minimum atomic E-state index is -0.343. The molecule has 26 heavy (non-hydrogen) atoms. The molecule has 0 aliphatic carbocycles. The Balaban J connectivity index is 1.64. The molecule has 9 heteroatoms. The van der Waals surface area contributed by atoms with Gasteiger partial charge in [-0.25, -0.2) is 20.0 Å². The van der Waals surface area contributed by atoms with Gasteiger partial charge in [0.2, 0.25) is 5.91 Å². The highest BCUT2D eigenvalue weighted by Crippen LogP contribution is 2.22. The van der Waals surface area contributed by atoms with Crippen molar-refractivity contribution in [1.29, 1.82) is 0 Å². The summed E-state index contributed by atoms with van der Waals surface area (Å²) in [5, 5.41) is 12.7. The van der Waals surface area contributed by atoms with Gasteiger partial charge in [0.05, 0.1) is 12.4 Å². The summed E-state index contributed by atoms with van der Waals surface area (Å²) in [6, 6.07) is 3.75. The third-order valence-electron chi connectivity index (χ3n) is 4.01. The lowest BCUT2D eigenvalue weighted by Crippen LogP contribution is -2.21. The highest BCUT2D eigenvalue weighted by Gasteiger charge is 2.13. The van der Waals surface area contributed by atoms with Crippen LogP contribution in [0.15, 0.2) is 43.1 Å². The number of amides is 1. The van der Waals surface area contributed by atoms with E-state index in [4.69, 9.17) is 5.21 Å². The first-order valence-corrected chi connectivity index (χ1v) is 8.55. The summed E-state index contributed by atoms with van der Waals surface area (Å²) >= 11 is 0. The minimum Gasteiger partial charge on any atom is -0.310 e. The van der Waals surface area contributed by atoms with Gasteiger partial charge >= 0.3 is 0 Å². The molecule has 0 unspecified atom stereocenters. The van der Waals surface area contributed by atoms with Gasteiger partial charge < -0.3 is 4.90 Å². The van der Waals surface area contributed by atoms with E-state index >= 15 is 0 Å². The molecule has 0 spiro atoms. The number of hydroxylamine groups is 1. The van der Waals surface area contributed by atoms with Crippen LogP contribution in [0.3, 0.4) is 0 Å². The molecular weight excluding hydrogens is 334 g/mol. The molecular formula is C17H21N7O2. The van der Waals surface area contributed by atoms with Crippen LogP contribution in [0.2, 0.25) is 0 Å². The van der Waals surface area contributed by atoms with Crippen molar-refractivity contribution in [2.45, 2.75) is 32.1 Å². The Kier molecular flexibility index (Phi) is 6.05. The lowest BCUT2D eigenvalue weighted by molar-refractivity contribution is -0.129. The van der Waals surface area contributed by atoms with Gasteiger partial charge in [0, 0.05) is 37.6 Å². The smallest absolute Gasteiger partial charge is 0.243 e. The summed E-state index contributed by atoms with van der Waals surface area (Å²) in [6.07, 6.45) is 12.5. The molecule has 0 aromatic carbocycles. The van der Waals surface area contributed by atoms with E-state index in [2.05, 4.69) is 20.1 Å². The molecule has 3 heterocycles. The highest BCUT2D eigenvalue weighted by molar-refractivity contribution is 5.74. The first kappa shape index (κ1) is 17.7. The van der Waals surface area contributed by atoms with E-state index in [-0.39, 0.29) is 5.91 Å². The Bertz CT molecular complexity index is 837. The van der Waals surface area contributed by atoms with Crippen molar-refractivity contribution in [2.24, 2.45) is 0 Å². The largest absolute Gasteiger partial charge is 0.310 e. The molecule has 0 saturated carbocycles. The van der Waals surface area contributed by atoms with Crippen LogP contribution in [0.4, 0.5) is 11.6 Å². The second-order valence-electron chi connectivity index (χ2n) is 5.83. The van der Waals surface area contributed by atoms with E-state index < -0.39 is 0 Å². The van der Waals surface area contributed by atoms with Crippen LogP contribution in [0.5, 0.6) is 0 Å². The third kappa shape index (κ3) is 4.51. The first-order chi connectivity index (χ1) is 12.8. The number of anilines is 2. The number of nitrogens with one attached hydrogen (secondary N) is 1. The van der Waals surface area contributed by atoms with Gasteiger partial charge in [-0.15, -0.1) is 0 Å². The monoisotopic (exact) mass is 355 g/mol. The summed E-state index contributed by atoms with van der Waals surface area (Å²) < 4.78 is 1.71. The van der Waals surface area contributed by atoms with Gasteiger partial charge in [-0.3, -0.25) is 15.0 Å². The number of unbranched alkanes of at least 4 members (excludes halogenated alkanes) is 3. The molecule has 3 aromatic heterocycles. The Morgan fingerprint density at radius 3 is 2.81 bits per heavy atom. The molecule has 2 N–H and O–H groups in total. The van der Waals surface area contributed by atoms with Crippen LogP contribution in [0.25, 0.3) is 5.65 Å². The average Bonchev–Trinajstić information content (AvgIpc) is 3.15. The number of aromatic nitrogens is 5. The van der Waals surface area contributed by atoms with Crippen LogP contribution < -0.4 is 10.4 Å². The van der Waals surface area contributed by atoms with E-state index in [9.17, 15) is 4.79 Å². The van der Waals surface area contributed by atoms with Crippen LogP contribution in [0.1, 0.15) is 32.1 Å². The van der Waals surface area contributed by atoms with E-state index in [1.54, 1.807) is 34.8 Å². The molecule has 3 rings (SSSR count). The summed E-state index contributed by atoms with van der Waals surface area (Å²) in [5.74, 6) is 1.19. The normalized spacial score (nSPS) is 10.8. The van der Waals surface area contributed by atoms with Gasteiger partial charge in [0.25, 0.3) is 0 Å². The van der Waals surface area contributed by atoms with Crippen molar-refractivity contribution in [3.05, 3.63) is 43.1 Å². The van der Waals surface area contributed by atoms with Gasteiger partial charge in [-0.05, 0) is 18.9 Å². The van der Waals surface area contributed by atoms with Crippen LogP contribution in [-0.2, 0) is 4.79 Å². The summed E-state index contributed by atoms with van der Waals surface area (Å²) in [6.45, 7) is 0.738. The Hall–Kier alpha value is -3.07. The lowest BCUT2D eigenvalue weighted by atomic mass is 10.1. The maximum Gasteiger partial charge on any atom is 0.243 e. The van der Waals surface area contributed by atoms with Crippen molar-refractivity contribution < 1.29 is 10.0 Å². The number of carbonyl (C=O) groups excluding carboxylic acids is 1. The van der Waals surface area contributed by atoms with Crippen molar-refractivity contribution >= 4 is 23.2 Å². The Labute approximate surface area is 150 Å². The molecule has 0 saturated heterocycles. The average molecular weight is 355 g/mol. The molecule has 9 nitrogen and oxygen atoms in total. The van der Waals surface area contributed by atoms with Crippen molar-refractivity contribution in [2.75, 3.05) is 11.4 Å². The fourth-order valence-corrected chi connectivity index (χ4v) is 2.69. The highest BCUT2D eigenvalue weighted by atomic mass is 16.5. The topological polar surface area (TPSA) is 109 Å². The number of fused-ring (bicyclic) bond motifs is 1. The van der Waals surface area contributed by atoms with Crippen molar-refractivity contribution in [3.8, 4) is 0 Å². The van der Waals surface area contributed by atoms with Gasteiger partial charge in [-0.1, -0.05) is 12.8 Å². The molecule has 0 radical (unpaired) electrons. The zero-order chi connectivity index (χ0) is 18.2. The van der Waals surface area contributed by atoms with E-state index in [0.29, 0.717) is 6.42 Å². The SMILES string of the molecule is O=C(CCCCCCN(c1cnccn1)c1ccn2nccc2n1)NO. The predicted octanol–water partition coefficient (Wildman–Crippen LogP) is 2.11. The fourth-order valence-electron chi connectivity index (χ4n) is 2.69. The molecule has 1 amide bonds. The molecule has 0 bridgehead atoms. The number of rotatable bonds is 9. The van der Waals surface area contributed by atoms with Gasteiger partial charge in [0.15, 0.2) is 11.5 Å². The van der Waals surface area contributed by atoms with Crippen molar-refractivity contribution in [1.82, 2.24) is 30.0 Å². The van der Waals surface area contributed by atoms with Crippen LogP contribution >= 0.6 is 0 Å². The molecule has 0 atom stereocenters. The van der Waals surface area contributed by atoms with E-state index in [1.165, 1.54) is 0 Å². The van der Waals surface area contributed by atoms with Gasteiger partial charge in [-0.2, -0.15) is 5.10 Å². The lowest BCUT2D eigenvalue weighted by Gasteiger charge is -2.22. The van der Waals surface area contributed by atoms with E-state index in [0.717, 1.165) is 49.5 Å². The molecule has 0 aliphatic heterocycles. The summed E-state index contributed by atoms with van der Waals surface area (Å²) in [7, 11) is 0. The van der Waals surface area contributed by atoms with Crippen LogP contribution in [0, 0.1) is 0 Å². The third-order valence-corrected chi connectivity index (χ3v) is 4.01. The zero-order valence-electron chi connectivity index (χ0n) is 14.3. The fraction of sp³-hybridized carbons (Fsp3) is 0.353. The quantitative estimate of drug-likeness (QED) is 0.344. The van der Waals surface area contributed by atoms with Crippen LogP contribution in [-0.4, -0.2) is 42.2 Å². The van der Waals surface area contributed by atoms with E-state index in [1.807, 2.05) is 23.2 Å². The predicted molar refractivity (Wildman–Crippen MR) is 95.0 cm³/mol.